The number of hydrogen-bond acceptors (Lipinski definition) is 5. The molecule has 0 spiro atoms. The van der Waals surface area contributed by atoms with Crippen LogP contribution in [-0.2, 0) is 4.79 Å². The molecular weight excluding hydrogens is 395 g/mol. The van der Waals surface area contributed by atoms with Crippen LogP contribution in [0.1, 0.15) is 10.8 Å². The molecule has 0 aliphatic heterocycles. The van der Waals surface area contributed by atoms with Crippen LogP contribution in [-0.4, -0.2) is 21.1 Å². The molecule has 2 N–H and O–H groups in total. The summed E-state index contributed by atoms with van der Waals surface area (Å²) >= 11 is 2.82. The molecule has 4 rings (SSSR count). The molecule has 0 bridgehead atoms. The van der Waals surface area contributed by atoms with Gasteiger partial charge in [-0.15, -0.1) is 16.4 Å². The Bertz CT molecular complexity index is 1050. The Morgan fingerprint density at radius 2 is 1.86 bits per heavy atom. The Hall–Kier alpha value is -2.97. The number of thioether (sulfide) groups is 1. The molecule has 5 nitrogen and oxygen atoms in total. The number of benzene rings is 2. The van der Waals surface area contributed by atoms with Crippen LogP contribution in [0.4, 0.5) is 10.1 Å². The summed E-state index contributed by atoms with van der Waals surface area (Å²) < 4.78 is 13.1. The first kappa shape index (κ1) is 18.4. The van der Waals surface area contributed by atoms with Crippen LogP contribution in [0.5, 0.6) is 0 Å². The Kier molecular flexibility index (Phi) is 5.50. The summed E-state index contributed by atoms with van der Waals surface area (Å²) in [5.41, 5.74) is 1.36. The van der Waals surface area contributed by atoms with E-state index in [2.05, 4.69) is 20.5 Å². The van der Waals surface area contributed by atoms with E-state index in [0.717, 1.165) is 10.4 Å². The molecule has 2 aromatic heterocycles. The van der Waals surface area contributed by atoms with Gasteiger partial charge in [-0.25, -0.2) is 9.37 Å². The van der Waals surface area contributed by atoms with E-state index in [1.807, 2.05) is 47.8 Å². The van der Waals surface area contributed by atoms with E-state index in [-0.39, 0.29) is 11.7 Å². The molecule has 2 aromatic carbocycles. The van der Waals surface area contributed by atoms with E-state index >= 15 is 0 Å². The highest BCUT2D eigenvalue weighted by Gasteiger charge is 2.24. The maximum atomic E-state index is 13.1. The maximum absolute atomic E-state index is 13.1. The lowest BCUT2D eigenvalue weighted by Gasteiger charge is -2.15. The summed E-state index contributed by atoms with van der Waals surface area (Å²) in [6.45, 7) is 0. The molecule has 1 atom stereocenters. The summed E-state index contributed by atoms with van der Waals surface area (Å²) in [7, 11) is 0. The van der Waals surface area contributed by atoms with E-state index < -0.39 is 5.25 Å². The second-order valence-electron chi connectivity index (χ2n) is 5.85. The number of H-pyrrole nitrogens is 1. The van der Waals surface area contributed by atoms with Crippen LogP contribution >= 0.6 is 23.1 Å². The molecule has 0 radical (unpaired) electrons. The number of aromatic amines is 1. The van der Waals surface area contributed by atoms with Crippen LogP contribution in [0.15, 0.2) is 77.3 Å². The predicted molar refractivity (Wildman–Crippen MR) is 110 cm³/mol. The first-order valence-corrected chi connectivity index (χ1v) is 10.2. The number of amides is 1. The van der Waals surface area contributed by atoms with Crippen LogP contribution < -0.4 is 5.32 Å². The van der Waals surface area contributed by atoms with Crippen LogP contribution in [0, 0.1) is 5.82 Å². The molecule has 8 heteroatoms. The van der Waals surface area contributed by atoms with Gasteiger partial charge in [-0.05, 0) is 41.3 Å². The van der Waals surface area contributed by atoms with Crippen molar-refractivity contribution in [3.63, 3.8) is 0 Å². The SMILES string of the molecule is O=C(Nc1ccc(F)cc1)C(Sc1n[nH]c(-c2cccs2)n1)c1ccccc1. The quantitative estimate of drug-likeness (QED) is 0.432. The molecule has 1 amide bonds. The van der Waals surface area contributed by atoms with Crippen molar-refractivity contribution in [1.82, 2.24) is 15.2 Å². The van der Waals surface area contributed by atoms with Gasteiger partial charge in [-0.1, -0.05) is 48.2 Å². The Balaban J connectivity index is 1.57. The minimum atomic E-state index is -0.557. The van der Waals surface area contributed by atoms with Gasteiger partial charge in [0.2, 0.25) is 11.1 Å². The summed E-state index contributed by atoms with van der Waals surface area (Å²) in [5, 5.41) is 11.9. The van der Waals surface area contributed by atoms with Crippen LogP contribution in [0.25, 0.3) is 10.7 Å². The number of nitrogens with zero attached hydrogens (tertiary/aromatic N) is 2. The second-order valence-corrected chi connectivity index (χ2v) is 7.87. The zero-order valence-corrected chi connectivity index (χ0v) is 16.1. The Labute approximate surface area is 169 Å². The largest absolute Gasteiger partial charge is 0.325 e. The molecular formula is C20H15FN4OS2. The van der Waals surface area contributed by atoms with Crippen molar-refractivity contribution in [1.29, 1.82) is 0 Å². The second kappa shape index (κ2) is 8.37. The number of carbonyl (C=O) groups excluding carboxylic acids is 1. The Morgan fingerprint density at radius 1 is 1.07 bits per heavy atom. The fourth-order valence-corrected chi connectivity index (χ4v) is 4.15. The molecule has 4 aromatic rings. The van der Waals surface area contributed by atoms with Crippen LogP contribution in [0.3, 0.4) is 0 Å². The van der Waals surface area contributed by atoms with Gasteiger partial charge in [0.15, 0.2) is 5.82 Å². The van der Waals surface area contributed by atoms with Crippen molar-refractivity contribution in [2.75, 3.05) is 5.32 Å². The maximum Gasteiger partial charge on any atom is 0.242 e. The molecule has 28 heavy (non-hydrogen) atoms. The van der Waals surface area contributed by atoms with Gasteiger partial charge in [-0.3, -0.25) is 9.89 Å². The van der Waals surface area contributed by atoms with Gasteiger partial charge in [0.05, 0.1) is 4.88 Å². The highest BCUT2D eigenvalue weighted by Crippen LogP contribution is 2.35. The minimum Gasteiger partial charge on any atom is -0.325 e. The zero-order chi connectivity index (χ0) is 19.3. The predicted octanol–water partition coefficient (Wildman–Crippen LogP) is 5.14. The average molecular weight is 410 g/mol. The smallest absolute Gasteiger partial charge is 0.242 e. The van der Waals surface area contributed by atoms with Crippen molar-refractivity contribution in [3.8, 4) is 10.7 Å². The van der Waals surface area contributed by atoms with Gasteiger partial charge in [0.25, 0.3) is 0 Å². The number of halogens is 1. The first-order valence-electron chi connectivity index (χ1n) is 8.43. The van der Waals surface area contributed by atoms with Crippen molar-refractivity contribution in [3.05, 3.63) is 83.5 Å². The number of hydrogen-bond donors (Lipinski definition) is 2. The lowest BCUT2D eigenvalue weighted by atomic mass is 10.1. The highest BCUT2D eigenvalue weighted by molar-refractivity contribution is 8.00. The number of nitrogens with one attached hydrogen (secondary N) is 2. The van der Waals surface area contributed by atoms with E-state index in [9.17, 15) is 9.18 Å². The van der Waals surface area contributed by atoms with Crippen LogP contribution in [0.2, 0.25) is 0 Å². The van der Waals surface area contributed by atoms with Crippen molar-refractivity contribution < 1.29 is 9.18 Å². The minimum absolute atomic E-state index is 0.231. The topological polar surface area (TPSA) is 70.7 Å². The summed E-state index contributed by atoms with van der Waals surface area (Å²) in [4.78, 5) is 18.4. The molecule has 0 aliphatic carbocycles. The molecule has 2 heterocycles. The number of anilines is 1. The van der Waals surface area contributed by atoms with Gasteiger partial charge in [0, 0.05) is 5.69 Å². The van der Waals surface area contributed by atoms with Gasteiger partial charge in [-0.2, -0.15) is 0 Å². The van der Waals surface area contributed by atoms with Gasteiger partial charge in [0.1, 0.15) is 11.1 Å². The van der Waals surface area contributed by atoms with Crippen molar-refractivity contribution >= 4 is 34.7 Å². The molecule has 0 fully saturated rings. The fraction of sp³-hybridized carbons (Fsp3) is 0.0500. The number of rotatable bonds is 6. The monoisotopic (exact) mass is 410 g/mol. The Morgan fingerprint density at radius 3 is 2.57 bits per heavy atom. The molecule has 140 valence electrons. The third-order valence-electron chi connectivity index (χ3n) is 3.89. The number of carbonyl (C=O) groups is 1. The van der Waals surface area contributed by atoms with Crippen molar-refractivity contribution in [2.45, 2.75) is 10.4 Å². The molecule has 1 unspecified atom stereocenters. The summed E-state index contributed by atoms with van der Waals surface area (Å²) in [5.74, 6) is 0.0855. The molecule has 0 saturated carbocycles. The lowest BCUT2D eigenvalue weighted by molar-refractivity contribution is -0.115. The summed E-state index contributed by atoms with van der Waals surface area (Å²) in [6, 6.07) is 19.0. The fourth-order valence-electron chi connectivity index (χ4n) is 2.57. The summed E-state index contributed by atoms with van der Waals surface area (Å²) in [6.07, 6.45) is 0. The lowest BCUT2D eigenvalue weighted by Crippen LogP contribution is -2.19. The third kappa shape index (κ3) is 4.29. The van der Waals surface area contributed by atoms with E-state index in [1.54, 1.807) is 11.3 Å². The number of aromatic nitrogens is 3. The average Bonchev–Trinajstić information content (AvgIpc) is 3.40. The van der Waals surface area contributed by atoms with Gasteiger partial charge < -0.3 is 5.32 Å². The third-order valence-corrected chi connectivity index (χ3v) is 5.89. The zero-order valence-electron chi connectivity index (χ0n) is 14.5. The number of thiophene rings is 1. The first-order chi connectivity index (χ1) is 13.7. The van der Waals surface area contributed by atoms with Gasteiger partial charge >= 0.3 is 0 Å². The molecule has 0 aliphatic rings. The standard InChI is InChI=1S/C20H15FN4OS2/c21-14-8-10-15(11-9-14)22-19(26)17(13-5-2-1-3-6-13)28-20-23-18(24-25-20)16-7-4-12-27-16/h1-12,17H,(H,22,26)(H,23,24,25). The molecule has 0 saturated heterocycles. The van der Waals surface area contributed by atoms with E-state index in [4.69, 9.17) is 0 Å². The van der Waals surface area contributed by atoms with Crippen molar-refractivity contribution in [2.24, 2.45) is 0 Å². The van der Waals surface area contributed by atoms with E-state index in [1.165, 1.54) is 36.0 Å². The normalized spacial score (nSPS) is 11.9. The highest BCUT2D eigenvalue weighted by atomic mass is 32.2. The van der Waals surface area contributed by atoms with E-state index in [0.29, 0.717) is 16.7 Å².